The number of carbonyl (C=O) groups is 2. The van der Waals surface area contributed by atoms with E-state index in [2.05, 4.69) is 27.5 Å². The molecule has 0 radical (unpaired) electrons. The number of methoxy groups -OCH3 is 1. The Hall–Kier alpha value is -3.17. The Morgan fingerprint density at radius 3 is 2.47 bits per heavy atom. The van der Waals surface area contributed by atoms with E-state index in [1.165, 1.54) is 41.6 Å². The van der Waals surface area contributed by atoms with Crippen molar-refractivity contribution < 1.29 is 23.3 Å². The van der Waals surface area contributed by atoms with Crippen LogP contribution in [0.3, 0.4) is 0 Å². The van der Waals surface area contributed by atoms with Crippen LogP contribution in [0.25, 0.3) is 22.2 Å². The zero-order valence-corrected chi connectivity index (χ0v) is 27.3. The molecule has 2 amide bonds. The minimum atomic E-state index is -1.36. The predicted molar refractivity (Wildman–Crippen MR) is 175 cm³/mol. The van der Waals surface area contributed by atoms with Gasteiger partial charge in [0.2, 0.25) is 5.91 Å². The first-order valence-electron chi connectivity index (χ1n) is 16.8. The number of nitrogens with zero attached hydrogens (tertiary/aromatic N) is 2. The molecule has 3 aliphatic carbocycles. The topological polar surface area (TPSA) is 89.9 Å². The molecule has 1 saturated heterocycles. The molecule has 8 rings (SSSR count). The number of amides is 2. The molecular weight excluding hydrogens is 586 g/mol. The second-order valence-corrected chi connectivity index (χ2v) is 15.6. The third-order valence-electron chi connectivity index (χ3n) is 10.9. The molecule has 3 saturated carbocycles. The fourth-order valence-corrected chi connectivity index (χ4v) is 9.63. The number of ether oxygens (including phenoxy) is 2. The van der Waals surface area contributed by atoms with E-state index in [9.17, 15) is 13.8 Å². The summed E-state index contributed by atoms with van der Waals surface area (Å²) in [6, 6.07) is 12.4. The molecule has 1 N–H and O–H groups in total. The quantitative estimate of drug-likeness (QED) is 0.359. The van der Waals surface area contributed by atoms with Gasteiger partial charge in [-0.2, -0.15) is 0 Å². The second-order valence-electron chi connectivity index (χ2n) is 14.2. The van der Waals surface area contributed by atoms with Gasteiger partial charge in [-0.05, 0) is 93.3 Å². The average molecular weight is 630 g/mol. The third-order valence-corrected chi connectivity index (χ3v) is 12.4. The smallest absolute Gasteiger partial charge is 0.263 e. The molecule has 0 bridgehead atoms. The monoisotopic (exact) mass is 629 g/mol. The van der Waals surface area contributed by atoms with Crippen molar-refractivity contribution >= 4 is 33.7 Å². The van der Waals surface area contributed by atoms with Gasteiger partial charge in [0.25, 0.3) is 5.91 Å². The maximum absolute atomic E-state index is 14.7. The van der Waals surface area contributed by atoms with E-state index in [0.29, 0.717) is 31.1 Å². The molecule has 8 nitrogen and oxygen atoms in total. The standard InChI is InChI=1S/C36H43N3O5S/c1-21-18-38(19-22(2)44-21)35(41)36-17-30(36)29-16-25(43-3)10-14-27(29)33-32(23-7-5-4-6-8-23)28-13-9-24(15-31(28)39(33)20-36)34(40)37-45(42)26-11-12-26/h9-10,13-16,21-23,26,30H,4-8,11-12,17-20H2,1-3H3,(H,37,40)/t21-,22+,30?,36?,45?. The lowest BCUT2D eigenvalue weighted by Crippen LogP contribution is -2.51. The molecule has 2 aromatic carbocycles. The lowest BCUT2D eigenvalue weighted by atomic mass is 9.81. The Kier molecular flexibility index (Phi) is 7.13. The summed E-state index contributed by atoms with van der Waals surface area (Å²) >= 11 is 0. The molecule has 5 atom stereocenters. The van der Waals surface area contributed by atoms with Crippen LogP contribution in [0.2, 0.25) is 0 Å². The average Bonchev–Trinajstić information content (AvgIpc) is 3.97. The Labute approximate surface area is 267 Å². The van der Waals surface area contributed by atoms with Crippen LogP contribution >= 0.6 is 0 Å². The first-order valence-corrected chi connectivity index (χ1v) is 18.0. The van der Waals surface area contributed by atoms with Crippen LogP contribution in [-0.2, 0) is 27.1 Å². The molecule has 2 aliphatic heterocycles. The predicted octanol–water partition coefficient (Wildman–Crippen LogP) is 6.04. The number of nitrogens with one attached hydrogen (secondary N) is 1. The Bertz CT molecular complexity index is 1710. The molecular formula is C36H43N3O5S. The highest BCUT2D eigenvalue weighted by Crippen LogP contribution is 2.66. The number of carbonyl (C=O) groups excluding carboxylic acids is 2. The Morgan fingerprint density at radius 1 is 1.00 bits per heavy atom. The van der Waals surface area contributed by atoms with Gasteiger partial charge >= 0.3 is 0 Å². The van der Waals surface area contributed by atoms with Gasteiger partial charge in [0.05, 0.1) is 35.7 Å². The van der Waals surface area contributed by atoms with Crippen LogP contribution in [0.4, 0.5) is 0 Å². The molecule has 3 aromatic rings. The minimum absolute atomic E-state index is 0.00686. The van der Waals surface area contributed by atoms with Crippen molar-refractivity contribution in [3.63, 3.8) is 0 Å². The van der Waals surface area contributed by atoms with E-state index in [4.69, 9.17) is 9.47 Å². The fraction of sp³-hybridized carbons (Fsp3) is 0.556. The Balaban J connectivity index is 1.31. The summed E-state index contributed by atoms with van der Waals surface area (Å²) < 4.78 is 29.5. The maximum Gasteiger partial charge on any atom is 0.263 e. The van der Waals surface area contributed by atoms with Gasteiger partial charge in [0, 0.05) is 47.6 Å². The molecule has 45 heavy (non-hydrogen) atoms. The molecule has 9 heteroatoms. The first-order chi connectivity index (χ1) is 21.8. The number of aromatic nitrogens is 1. The van der Waals surface area contributed by atoms with E-state index >= 15 is 0 Å². The number of morpholine rings is 1. The third kappa shape index (κ3) is 4.92. The summed E-state index contributed by atoms with van der Waals surface area (Å²) in [5, 5.41) is 1.23. The van der Waals surface area contributed by atoms with Crippen LogP contribution in [0, 0.1) is 5.41 Å². The molecule has 238 valence electrons. The summed E-state index contributed by atoms with van der Waals surface area (Å²) in [6.45, 7) is 5.84. The van der Waals surface area contributed by atoms with Crippen molar-refractivity contribution in [1.29, 1.82) is 0 Å². The van der Waals surface area contributed by atoms with E-state index in [0.717, 1.165) is 48.8 Å². The highest BCUT2D eigenvalue weighted by Gasteiger charge is 2.64. The van der Waals surface area contributed by atoms with Gasteiger partial charge in [-0.15, -0.1) is 0 Å². The van der Waals surface area contributed by atoms with Gasteiger partial charge in [0.1, 0.15) is 16.7 Å². The number of fused-ring (bicyclic) bond motifs is 7. The van der Waals surface area contributed by atoms with Gasteiger partial charge in [-0.3, -0.25) is 14.3 Å². The number of hydrogen-bond acceptors (Lipinski definition) is 5. The maximum atomic E-state index is 14.7. The van der Waals surface area contributed by atoms with Crippen molar-refractivity contribution in [2.24, 2.45) is 5.41 Å². The summed E-state index contributed by atoms with van der Waals surface area (Å²) in [5.41, 5.74) is 5.82. The van der Waals surface area contributed by atoms with Crippen molar-refractivity contribution in [2.75, 3.05) is 20.2 Å². The molecule has 5 aliphatic rings. The van der Waals surface area contributed by atoms with Crippen molar-refractivity contribution in [3.05, 3.63) is 53.1 Å². The van der Waals surface area contributed by atoms with E-state index in [1.54, 1.807) is 7.11 Å². The van der Waals surface area contributed by atoms with Crippen molar-refractivity contribution in [2.45, 2.75) is 101 Å². The van der Waals surface area contributed by atoms with Gasteiger partial charge in [-0.25, -0.2) is 4.21 Å². The normalized spacial score (nSPS) is 28.4. The largest absolute Gasteiger partial charge is 0.497 e. The van der Waals surface area contributed by atoms with E-state index in [1.807, 2.05) is 36.9 Å². The van der Waals surface area contributed by atoms with E-state index in [-0.39, 0.29) is 35.2 Å². The number of hydrogen-bond donors (Lipinski definition) is 1. The van der Waals surface area contributed by atoms with Crippen LogP contribution in [0.1, 0.15) is 98.5 Å². The lowest BCUT2D eigenvalue weighted by molar-refractivity contribution is -0.149. The molecule has 3 unspecified atom stereocenters. The first kappa shape index (κ1) is 29.2. The summed E-state index contributed by atoms with van der Waals surface area (Å²) in [6.07, 6.45) is 8.50. The van der Waals surface area contributed by atoms with Crippen molar-refractivity contribution in [1.82, 2.24) is 14.2 Å². The van der Waals surface area contributed by atoms with Crippen LogP contribution in [0.5, 0.6) is 5.75 Å². The zero-order valence-electron chi connectivity index (χ0n) is 26.5. The summed E-state index contributed by atoms with van der Waals surface area (Å²) in [7, 11) is 0.341. The Morgan fingerprint density at radius 2 is 1.76 bits per heavy atom. The van der Waals surface area contributed by atoms with Crippen LogP contribution < -0.4 is 9.46 Å². The fourth-order valence-electron chi connectivity index (χ4n) is 8.60. The molecule has 1 aromatic heterocycles. The van der Waals surface area contributed by atoms with E-state index < -0.39 is 16.4 Å². The van der Waals surface area contributed by atoms with Gasteiger partial charge < -0.3 is 18.9 Å². The van der Waals surface area contributed by atoms with Crippen LogP contribution in [0.15, 0.2) is 36.4 Å². The van der Waals surface area contributed by atoms with Crippen molar-refractivity contribution in [3.8, 4) is 17.0 Å². The second kappa shape index (κ2) is 11.0. The molecule has 0 spiro atoms. The lowest BCUT2D eigenvalue weighted by Gasteiger charge is -2.37. The SMILES string of the molecule is COc1ccc2c(c1)C1CC1(C(=O)N1C[C@@H](C)O[C@@H](C)C1)Cn1c-2c(C2CCCCC2)c2ccc(C(=O)NS(=O)C3CC3)cc21. The van der Waals surface area contributed by atoms with Gasteiger partial charge in [0.15, 0.2) is 0 Å². The number of rotatable bonds is 6. The highest BCUT2D eigenvalue weighted by atomic mass is 32.2. The number of benzene rings is 2. The van der Waals surface area contributed by atoms with Gasteiger partial charge in [-0.1, -0.05) is 25.3 Å². The zero-order chi connectivity index (χ0) is 31.0. The molecule has 3 heterocycles. The molecule has 4 fully saturated rings. The summed E-state index contributed by atoms with van der Waals surface area (Å²) in [5.74, 6) is 1.21. The van der Waals surface area contributed by atoms with Crippen LogP contribution in [-0.4, -0.2) is 63.1 Å². The minimum Gasteiger partial charge on any atom is -0.497 e. The highest BCUT2D eigenvalue weighted by molar-refractivity contribution is 7.84. The summed E-state index contributed by atoms with van der Waals surface area (Å²) in [4.78, 5) is 30.1.